The number of amides is 1. The van der Waals surface area contributed by atoms with Crippen LogP contribution in [-0.2, 0) is 16.0 Å². The molecule has 0 fully saturated rings. The highest BCUT2D eigenvalue weighted by atomic mass is 16.4. The summed E-state index contributed by atoms with van der Waals surface area (Å²) in [6, 6.07) is 8.33. The number of rotatable bonds is 6. The van der Waals surface area contributed by atoms with Crippen LogP contribution in [0.5, 0.6) is 0 Å². The number of aliphatic carboxylic acids is 1. The van der Waals surface area contributed by atoms with Gasteiger partial charge < -0.3 is 10.4 Å². The topological polar surface area (TPSA) is 66.4 Å². The monoisotopic (exact) mass is 303 g/mol. The van der Waals surface area contributed by atoms with Gasteiger partial charge in [0.1, 0.15) is 0 Å². The molecule has 4 nitrogen and oxygen atoms in total. The molecule has 0 bridgehead atoms. The van der Waals surface area contributed by atoms with Crippen LogP contribution in [0.4, 0.5) is 0 Å². The predicted octanol–water partition coefficient (Wildman–Crippen LogP) is 3.46. The van der Waals surface area contributed by atoms with Crippen LogP contribution >= 0.6 is 0 Å². The number of carboxylic acids is 1. The van der Waals surface area contributed by atoms with E-state index in [4.69, 9.17) is 5.11 Å². The lowest BCUT2D eigenvalue weighted by molar-refractivity contribution is -0.137. The van der Waals surface area contributed by atoms with Crippen molar-refractivity contribution in [3.8, 4) is 0 Å². The Kier molecular flexibility index (Phi) is 5.22. The summed E-state index contributed by atoms with van der Waals surface area (Å²) < 4.78 is 0. The summed E-state index contributed by atoms with van der Waals surface area (Å²) in [6.07, 6.45) is 3.79. The van der Waals surface area contributed by atoms with Gasteiger partial charge in [-0.2, -0.15) is 0 Å². The second kappa shape index (κ2) is 6.95. The number of carboxylic acid groups (broad SMARTS) is 1. The van der Waals surface area contributed by atoms with Crippen molar-refractivity contribution in [1.29, 1.82) is 0 Å². The Morgan fingerprint density at radius 2 is 1.91 bits per heavy atom. The first-order valence-corrected chi connectivity index (χ1v) is 7.99. The molecule has 120 valence electrons. The number of benzene rings is 1. The molecule has 4 heteroatoms. The minimum atomic E-state index is -0.803. The van der Waals surface area contributed by atoms with E-state index in [9.17, 15) is 9.59 Å². The fraction of sp³-hybridized carbons (Fsp3) is 0.556. The molecule has 22 heavy (non-hydrogen) atoms. The summed E-state index contributed by atoms with van der Waals surface area (Å²) >= 11 is 0. The molecule has 0 heterocycles. The average molecular weight is 303 g/mol. The second-order valence-electron chi connectivity index (χ2n) is 6.79. The molecule has 0 spiro atoms. The number of aryl methyl sites for hydroxylation is 1. The van der Waals surface area contributed by atoms with E-state index in [1.54, 1.807) is 0 Å². The molecule has 1 atom stereocenters. The molecular formula is C18H25NO3. The fourth-order valence-corrected chi connectivity index (χ4v) is 3.13. The Hall–Kier alpha value is -1.84. The minimum absolute atomic E-state index is 0.0140. The van der Waals surface area contributed by atoms with Crippen molar-refractivity contribution in [2.24, 2.45) is 5.41 Å². The third-order valence-corrected chi connectivity index (χ3v) is 4.54. The van der Waals surface area contributed by atoms with Gasteiger partial charge in [-0.1, -0.05) is 38.1 Å². The van der Waals surface area contributed by atoms with Gasteiger partial charge >= 0.3 is 5.97 Å². The Morgan fingerprint density at radius 1 is 1.23 bits per heavy atom. The van der Waals surface area contributed by atoms with Crippen LogP contribution < -0.4 is 5.32 Å². The van der Waals surface area contributed by atoms with Gasteiger partial charge in [-0.25, -0.2) is 0 Å². The molecule has 1 unspecified atom stereocenters. The standard InChI is InChI=1S/C18H25NO3/c1-18(2)12-11-13-7-3-4-8-14(13)17(18)19-15(20)9-5-6-10-16(21)22/h3-4,7-8,17H,5-6,9-12H2,1-2H3,(H,19,20)(H,21,22). The molecule has 1 aliphatic rings. The summed E-state index contributed by atoms with van der Waals surface area (Å²) in [5.41, 5.74) is 2.57. The SMILES string of the molecule is CC1(C)CCc2ccccc2C1NC(=O)CCCCC(=O)O. The molecule has 2 rings (SSSR count). The Bertz CT molecular complexity index is 551. The lowest BCUT2D eigenvalue weighted by Gasteiger charge is -2.40. The number of carbonyl (C=O) groups excluding carboxylic acids is 1. The highest BCUT2D eigenvalue weighted by Crippen LogP contribution is 2.43. The summed E-state index contributed by atoms with van der Waals surface area (Å²) in [5.74, 6) is -0.789. The van der Waals surface area contributed by atoms with Gasteiger partial charge in [-0.15, -0.1) is 0 Å². The van der Waals surface area contributed by atoms with Gasteiger partial charge in [-0.3, -0.25) is 9.59 Å². The van der Waals surface area contributed by atoms with Crippen LogP contribution in [0.15, 0.2) is 24.3 Å². The van der Waals surface area contributed by atoms with E-state index in [1.807, 2.05) is 12.1 Å². The van der Waals surface area contributed by atoms with Gasteiger partial charge in [0, 0.05) is 12.8 Å². The van der Waals surface area contributed by atoms with Crippen LogP contribution in [0.2, 0.25) is 0 Å². The number of fused-ring (bicyclic) bond motifs is 1. The third kappa shape index (κ3) is 4.09. The lowest BCUT2D eigenvalue weighted by atomic mass is 9.70. The largest absolute Gasteiger partial charge is 0.481 e. The van der Waals surface area contributed by atoms with E-state index in [2.05, 4.69) is 31.3 Å². The minimum Gasteiger partial charge on any atom is -0.481 e. The van der Waals surface area contributed by atoms with E-state index in [0.29, 0.717) is 19.3 Å². The highest BCUT2D eigenvalue weighted by Gasteiger charge is 2.36. The molecule has 0 saturated heterocycles. The van der Waals surface area contributed by atoms with Gasteiger partial charge in [0.15, 0.2) is 0 Å². The molecule has 0 radical (unpaired) electrons. The van der Waals surface area contributed by atoms with Crippen LogP contribution in [0.1, 0.15) is 63.1 Å². The van der Waals surface area contributed by atoms with Gasteiger partial charge in [0.25, 0.3) is 0 Å². The first kappa shape index (κ1) is 16.5. The van der Waals surface area contributed by atoms with Crippen molar-refractivity contribution in [2.45, 2.75) is 58.4 Å². The van der Waals surface area contributed by atoms with Gasteiger partial charge in [-0.05, 0) is 42.2 Å². The number of carbonyl (C=O) groups is 2. The maximum Gasteiger partial charge on any atom is 0.303 e. The zero-order valence-corrected chi connectivity index (χ0v) is 13.4. The molecule has 0 saturated carbocycles. The van der Waals surface area contributed by atoms with Crippen molar-refractivity contribution in [3.05, 3.63) is 35.4 Å². The summed E-state index contributed by atoms with van der Waals surface area (Å²) in [6.45, 7) is 4.39. The van der Waals surface area contributed by atoms with Crippen LogP contribution in [0, 0.1) is 5.41 Å². The first-order chi connectivity index (χ1) is 10.4. The van der Waals surface area contributed by atoms with E-state index in [-0.39, 0.29) is 23.8 Å². The van der Waals surface area contributed by atoms with Crippen LogP contribution in [0.25, 0.3) is 0 Å². The Balaban J connectivity index is 1.98. The zero-order valence-electron chi connectivity index (χ0n) is 13.4. The summed E-state index contributed by atoms with van der Waals surface area (Å²) in [7, 11) is 0. The van der Waals surface area contributed by atoms with E-state index in [0.717, 1.165) is 12.8 Å². The number of hydrogen-bond acceptors (Lipinski definition) is 2. The maximum atomic E-state index is 12.2. The second-order valence-corrected chi connectivity index (χ2v) is 6.79. The van der Waals surface area contributed by atoms with Crippen molar-refractivity contribution < 1.29 is 14.7 Å². The molecular weight excluding hydrogens is 278 g/mol. The average Bonchev–Trinajstić information content (AvgIpc) is 2.46. The fourth-order valence-electron chi connectivity index (χ4n) is 3.13. The molecule has 0 aromatic heterocycles. The van der Waals surface area contributed by atoms with Gasteiger partial charge in [0.2, 0.25) is 5.91 Å². The highest BCUT2D eigenvalue weighted by molar-refractivity contribution is 5.76. The lowest BCUT2D eigenvalue weighted by Crippen LogP contribution is -2.41. The molecule has 0 aliphatic heterocycles. The van der Waals surface area contributed by atoms with E-state index >= 15 is 0 Å². The summed E-state index contributed by atoms with van der Waals surface area (Å²) in [5, 5.41) is 11.8. The van der Waals surface area contributed by atoms with Crippen molar-refractivity contribution >= 4 is 11.9 Å². The number of unbranched alkanes of at least 4 members (excludes halogenated alkanes) is 1. The molecule has 1 amide bonds. The smallest absolute Gasteiger partial charge is 0.303 e. The quantitative estimate of drug-likeness (QED) is 0.791. The Labute approximate surface area is 131 Å². The first-order valence-electron chi connectivity index (χ1n) is 7.99. The Morgan fingerprint density at radius 3 is 2.64 bits per heavy atom. The zero-order chi connectivity index (χ0) is 16.2. The normalized spacial score (nSPS) is 19.3. The third-order valence-electron chi connectivity index (χ3n) is 4.54. The van der Waals surface area contributed by atoms with Crippen LogP contribution in [0.3, 0.4) is 0 Å². The van der Waals surface area contributed by atoms with Crippen molar-refractivity contribution in [1.82, 2.24) is 5.32 Å². The van der Waals surface area contributed by atoms with Gasteiger partial charge in [0.05, 0.1) is 6.04 Å². The molecule has 2 N–H and O–H groups in total. The number of nitrogens with one attached hydrogen (secondary N) is 1. The van der Waals surface area contributed by atoms with Crippen molar-refractivity contribution in [2.75, 3.05) is 0 Å². The predicted molar refractivity (Wildman–Crippen MR) is 85.5 cm³/mol. The molecule has 1 aliphatic carbocycles. The van der Waals surface area contributed by atoms with Crippen molar-refractivity contribution in [3.63, 3.8) is 0 Å². The summed E-state index contributed by atoms with van der Waals surface area (Å²) in [4.78, 5) is 22.7. The number of hydrogen-bond donors (Lipinski definition) is 2. The molecule has 1 aromatic carbocycles. The molecule has 1 aromatic rings. The maximum absolute atomic E-state index is 12.2. The van der Waals surface area contributed by atoms with Crippen LogP contribution in [-0.4, -0.2) is 17.0 Å². The van der Waals surface area contributed by atoms with E-state index < -0.39 is 5.97 Å². The van der Waals surface area contributed by atoms with E-state index in [1.165, 1.54) is 11.1 Å².